The maximum atomic E-state index is 4.31. The van der Waals surface area contributed by atoms with Crippen LogP contribution in [0.25, 0.3) is 0 Å². The fourth-order valence-corrected chi connectivity index (χ4v) is 3.90. The number of rotatable bonds is 5. The third-order valence-electron chi connectivity index (χ3n) is 2.60. The van der Waals surface area contributed by atoms with Crippen molar-refractivity contribution in [1.29, 1.82) is 0 Å². The van der Waals surface area contributed by atoms with Gasteiger partial charge in [-0.2, -0.15) is 0 Å². The lowest BCUT2D eigenvalue weighted by molar-refractivity contribution is 0.800. The van der Waals surface area contributed by atoms with E-state index in [1.807, 2.05) is 22.9 Å². The highest BCUT2D eigenvalue weighted by molar-refractivity contribution is 7.13. The zero-order valence-corrected chi connectivity index (χ0v) is 12.0. The highest BCUT2D eigenvalue weighted by Crippen LogP contribution is 2.29. The van der Waals surface area contributed by atoms with E-state index >= 15 is 0 Å². The predicted octanol–water partition coefficient (Wildman–Crippen LogP) is 4.66. The van der Waals surface area contributed by atoms with Crippen LogP contribution >= 0.6 is 34.0 Å². The van der Waals surface area contributed by atoms with Crippen LogP contribution in [-0.2, 0) is 6.42 Å². The molecule has 3 aromatic heterocycles. The first kappa shape index (κ1) is 11.9. The van der Waals surface area contributed by atoms with Crippen LogP contribution in [0.5, 0.6) is 0 Å². The van der Waals surface area contributed by atoms with E-state index in [1.165, 1.54) is 9.75 Å². The number of thiophene rings is 2. The van der Waals surface area contributed by atoms with Gasteiger partial charge in [-0.1, -0.05) is 12.1 Å². The second-order valence-electron chi connectivity index (χ2n) is 3.83. The van der Waals surface area contributed by atoms with Gasteiger partial charge in [-0.05, 0) is 22.9 Å². The quantitative estimate of drug-likeness (QED) is 0.739. The molecule has 1 unspecified atom stereocenters. The first-order chi connectivity index (χ1) is 8.92. The fraction of sp³-hybridized carbons (Fsp3) is 0.154. The van der Waals surface area contributed by atoms with Crippen LogP contribution in [0.4, 0.5) is 5.13 Å². The summed E-state index contributed by atoms with van der Waals surface area (Å²) in [5, 5.41) is 10.8. The van der Waals surface area contributed by atoms with Crippen molar-refractivity contribution in [2.75, 3.05) is 5.32 Å². The van der Waals surface area contributed by atoms with Gasteiger partial charge in [0.1, 0.15) is 0 Å². The molecule has 92 valence electrons. The summed E-state index contributed by atoms with van der Waals surface area (Å²) in [6, 6.07) is 8.90. The Morgan fingerprint density at radius 3 is 2.61 bits per heavy atom. The van der Waals surface area contributed by atoms with Crippen molar-refractivity contribution in [2.24, 2.45) is 0 Å². The molecule has 0 aliphatic heterocycles. The summed E-state index contributed by atoms with van der Waals surface area (Å²) in [4.78, 5) is 7.07. The molecule has 18 heavy (non-hydrogen) atoms. The number of anilines is 1. The van der Waals surface area contributed by atoms with E-state index < -0.39 is 0 Å². The highest BCUT2D eigenvalue weighted by atomic mass is 32.1. The highest BCUT2D eigenvalue weighted by Gasteiger charge is 2.14. The largest absolute Gasteiger partial charge is 0.354 e. The van der Waals surface area contributed by atoms with Gasteiger partial charge in [-0.25, -0.2) is 4.98 Å². The molecule has 0 saturated heterocycles. The van der Waals surface area contributed by atoms with E-state index in [4.69, 9.17) is 0 Å². The van der Waals surface area contributed by atoms with Crippen LogP contribution in [-0.4, -0.2) is 4.98 Å². The third-order valence-corrected chi connectivity index (χ3v) is 5.19. The Morgan fingerprint density at radius 1 is 1.06 bits per heavy atom. The monoisotopic (exact) mass is 292 g/mol. The average Bonchev–Trinajstić information content (AvgIpc) is 3.13. The minimum atomic E-state index is 0.315. The second-order valence-corrected chi connectivity index (χ2v) is 6.74. The molecule has 0 fully saturated rings. The van der Waals surface area contributed by atoms with Crippen molar-refractivity contribution < 1.29 is 0 Å². The smallest absolute Gasteiger partial charge is 0.183 e. The molecule has 3 aromatic rings. The molecule has 0 radical (unpaired) electrons. The van der Waals surface area contributed by atoms with Crippen molar-refractivity contribution in [2.45, 2.75) is 12.5 Å². The third kappa shape index (κ3) is 2.80. The van der Waals surface area contributed by atoms with Crippen LogP contribution in [0, 0.1) is 0 Å². The van der Waals surface area contributed by atoms with Crippen molar-refractivity contribution in [3.63, 3.8) is 0 Å². The molecule has 3 rings (SSSR count). The maximum absolute atomic E-state index is 4.31. The fourth-order valence-electron chi connectivity index (χ4n) is 1.79. The van der Waals surface area contributed by atoms with Crippen LogP contribution in [0.15, 0.2) is 46.6 Å². The molecule has 1 N–H and O–H groups in total. The minimum Gasteiger partial charge on any atom is -0.354 e. The number of hydrogen-bond acceptors (Lipinski definition) is 5. The number of nitrogens with one attached hydrogen (secondary N) is 1. The Kier molecular flexibility index (Phi) is 3.73. The van der Waals surface area contributed by atoms with Crippen LogP contribution in [0.1, 0.15) is 15.8 Å². The zero-order chi connectivity index (χ0) is 12.2. The van der Waals surface area contributed by atoms with Gasteiger partial charge >= 0.3 is 0 Å². The molecule has 1 atom stereocenters. The van der Waals surface area contributed by atoms with Gasteiger partial charge in [0.25, 0.3) is 0 Å². The van der Waals surface area contributed by atoms with E-state index in [-0.39, 0.29) is 0 Å². The molecule has 0 spiro atoms. The summed E-state index contributed by atoms with van der Waals surface area (Å²) < 4.78 is 0. The van der Waals surface area contributed by atoms with Crippen LogP contribution < -0.4 is 5.32 Å². The van der Waals surface area contributed by atoms with Gasteiger partial charge in [-0.3, -0.25) is 0 Å². The molecular weight excluding hydrogens is 280 g/mol. The second kappa shape index (κ2) is 5.65. The van der Waals surface area contributed by atoms with Gasteiger partial charge in [-0.15, -0.1) is 34.0 Å². The van der Waals surface area contributed by atoms with Crippen LogP contribution in [0.3, 0.4) is 0 Å². The van der Waals surface area contributed by atoms with Gasteiger partial charge in [0.15, 0.2) is 5.13 Å². The molecule has 0 aliphatic carbocycles. The van der Waals surface area contributed by atoms with Gasteiger partial charge in [0, 0.05) is 27.8 Å². The molecule has 0 amide bonds. The standard InChI is InChI=1S/C13H12N2S3/c1-3-10(16-6-1)9-11(12-4-2-7-17-12)15-13-14-5-8-18-13/h1-8,11H,9H2,(H,14,15). The van der Waals surface area contributed by atoms with E-state index in [2.05, 4.69) is 45.3 Å². The minimum absolute atomic E-state index is 0.315. The normalized spacial score (nSPS) is 12.4. The van der Waals surface area contributed by atoms with E-state index in [9.17, 15) is 0 Å². The lowest BCUT2D eigenvalue weighted by Gasteiger charge is -2.15. The van der Waals surface area contributed by atoms with Gasteiger partial charge in [0.2, 0.25) is 0 Å². The molecule has 0 aromatic carbocycles. The predicted molar refractivity (Wildman–Crippen MR) is 80.8 cm³/mol. The van der Waals surface area contributed by atoms with Crippen molar-refractivity contribution >= 4 is 39.1 Å². The lowest BCUT2D eigenvalue weighted by atomic mass is 10.1. The summed E-state index contributed by atoms with van der Waals surface area (Å²) in [5.74, 6) is 0. The number of aromatic nitrogens is 1. The molecule has 2 nitrogen and oxygen atoms in total. The van der Waals surface area contributed by atoms with Crippen LogP contribution in [0.2, 0.25) is 0 Å². The Balaban J connectivity index is 1.80. The summed E-state index contributed by atoms with van der Waals surface area (Å²) in [6.45, 7) is 0. The number of nitrogens with zero attached hydrogens (tertiary/aromatic N) is 1. The Bertz CT molecular complexity index is 519. The van der Waals surface area contributed by atoms with Crippen molar-refractivity contribution in [3.05, 3.63) is 56.4 Å². The Morgan fingerprint density at radius 2 is 1.94 bits per heavy atom. The molecule has 5 heteroatoms. The van der Waals surface area contributed by atoms with E-state index in [0.29, 0.717) is 6.04 Å². The lowest BCUT2D eigenvalue weighted by Crippen LogP contribution is -2.11. The van der Waals surface area contributed by atoms with Crippen molar-refractivity contribution in [1.82, 2.24) is 4.98 Å². The maximum Gasteiger partial charge on any atom is 0.183 e. The first-order valence-corrected chi connectivity index (χ1v) is 8.27. The molecule has 0 bridgehead atoms. The molecular formula is C13H12N2S3. The van der Waals surface area contributed by atoms with Gasteiger partial charge < -0.3 is 5.32 Å². The summed E-state index contributed by atoms with van der Waals surface area (Å²) >= 11 is 5.25. The van der Waals surface area contributed by atoms with Crippen molar-refractivity contribution in [3.8, 4) is 0 Å². The number of hydrogen-bond donors (Lipinski definition) is 1. The first-order valence-electron chi connectivity index (χ1n) is 5.63. The van der Waals surface area contributed by atoms with Gasteiger partial charge in [0.05, 0.1) is 6.04 Å². The topological polar surface area (TPSA) is 24.9 Å². The summed E-state index contributed by atoms with van der Waals surface area (Å²) in [6.07, 6.45) is 2.85. The zero-order valence-electron chi connectivity index (χ0n) is 9.58. The Hall–Kier alpha value is -1.17. The summed E-state index contributed by atoms with van der Waals surface area (Å²) in [5.41, 5.74) is 0. The molecule has 0 saturated carbocycles. The molecule has 0 aliphatic rings. The van der Waals surface area contributed by atoms with E-state index in [1.54, 1.807) is 22.7 Å². The number of thiazole rings is 1. The SMILES string of the molecule is c1csc(CC(Nc2nccs2)c2cccs2)c1. The van der Waals surface area contributed by atoms with E-state index in [0.717, 1.165) is 11.6 Å². The molecule has 3 heterocycles. The summed E-state index contributed by atoms with van der Waals surface area (Å²) in [7, 11) is 0. The Labute approximate surface area is 118 Å². The average molecular weight is 292 g/mol.